The minimum atomic E-state index is 0.726. The molecule has 0 aromatic rings. The number of ether oxygens (including phenoxy) is 2. The second-order valence-corrected chi connectivity index (χ2v) is 1.66. The highest BCUT2D eigenvalue weighted by molar-refractivity contribution is 4.46. The van der Waals surface area contributed by atoms with Crippen LogP contribution in [0.25, 0.3) is 0 Å². The van der Waals surface area contributed by atoms with Crippen molar-refractivity contribution in [3.63, 3.8) is 0 Å². The third-order valence-corrected chi connectivity index (χ3v) is 0.724. The molecule has 0 amide bonds. The maximum Gasteiger partial charge on any atom is 0.0870 e. The van der Waals surface area contributed by atoms with Crippen molar-refractivity contribution in [3.8, 4) is 0 Å². The fraction of sp³-hybridized carbons (Fsp3) is 0.556. The summed E-state index contributed by atoms with van der Waals surface area (Å²) in [6.07, 6.45) is 3.95. The molecule has 0 saturated carbocycles. The lowest BCUT2D eigenvalue weighted by atomic mass is 10.5. The predicted octanol–water partition coefficient (Wildman–Crippen LogP) is 2.72. The first-order valence-corrected chi connectivity index (χ1v) is 3.78. The van der Waals surface area contributed by atoms with Gasteiger partial charge in [0.15, 0.2) is 0 Å². The topological polar surface area (TPSA) is 18.5 Å². The van der Waals surface area contributed by atoms with Crippen molar-refractivity contribution in [2.24, 2.45) is 0 Å². The largest absolute Gasteiger partial charge is 0.502 e. The first-order chi connectivity index (χ1) is 5.33. The van der Waals surface area contributed by atoms with Gasteiger partial charge in [-0.2, -0.15) is 0 Å². The van der Waals surface area contributed by atoms with Crippen LogP contribution in [0.15, 0.2) is 25.7 Å². The smallest absolute Gasteiger partial charge is 0.0870 e. The average Bonchev–Trinajstić information content (AvgIpc) is 2.04. The summed E-state index contributed by atoms with van der Waals surface area (Å²) in [5.41, 5.74) is 0. The molecule has 66 valence electrons. The van der Waals surface area contributed by atoms with E-state index in [0.717, 1.165) is 19.6 Å². The molecule has 0 unspecified atom stereocenters. The molecular formula is C9H18O2. The lowest BCUT2D eigenvalue weighted by Gasteiger charge is -1.90. The molecule has 0 aliphatic rings. The molecule has 0 heterocycles. The van der Waals surface area contributed by atoms with E-state index in [9.17, 15) is 0 Å². The Morgan fingerprint density at radius 2 is 1.64 bits per heavy atom. The van der Waals surface area contributed by atoms with E-state index in [4.69, 9.17) is 4.74 Å². The first-order valence-electron chi connectivity index (χ1n) is 3.78. The normalized spacial score (nSPS) is 7.09. The highest BCUT2D eigenvalue weighted by Crippen LogP contribution is 1.76. The van der Waals surface area contributed by atoms with Gasteiger partial charge >= 0.3 is 0 Å². The molecule has 0 radical (unpaired) electrons. The Balaban J connectivity index is 0. The number of hydrogen-bond acceptors (Lipinski definition) is 2. The van der Waals surface area contributed by atoms with E-state index in [1.165, 1.54) is 12.5 Å². The van der Waals surface area contributed by atoms with Crippen LogP contribution in [0.2, 0.25) is 0 Å². The van der Waals surface area contributed by atoms with Crippen LogP contribution in [0.1, 0.15) is 20.3 Å². The van der Waals surface area contributed by atoms with E-state index in [2.05, 4.69) is 24.8 Å². The summed E-state index contributed by atoms with van der Waals surface area (Å²) in [4.78, 5) is 0. The van der Waals surface area contributed by atoms with Gasteiger partial charge in [-0.3, -0.25) is 0 Å². The molecule has 0 aliphatic heterocycles. The lowest BCUT2D eigenvalue weighted by Crippen LogP contribution is -1.79. The number of hydrogen-bond donors (Lipinski definition) is 0. The van der Waals surface area contributed by atoms with E-state index in [1.54, 1.807) is 0 Å². The molecule has 0 N–H and O–H groups in total. The van der Waals surface area contributed by atoms with Gasteiger partial charge in [0.1, 0.15) is 0 Å². The van der Waals surface area contributed by atoms with E-state index in [0.29, 0.717) is 0 Å². The molecule has 2 heteroatoms. The summed E-state index contributed by atoms with van der Waals surface area (Å²) >= 11 is 0. The summed E-state index contributed by atoms with van der Waals surface area (Å²) in [6.45, 7) is 12.2. The fourth-order valence-electron chi connectivity index (χ4n) is 0.319. The zero-order valence-corrected chi connectivity index (χ0v) is 7.51. The van der Waals surface area contributed by atoms with Crippen molar-refractivity contribution in [3.05, 3.63) is 25.7 Å². The van der Waals surface area contributed by atoms with Crippen molar-refractivity contribution in [2.75, 3.05) is 13.2 Å². The van der Waals surface area contributed by atoms with Gasteiger partial charge in [-0.25, -0.2) is 0 Å². The van der Waals surface area contributed by atoms with Crippen LogP contribution in [-0.4, -0.2) is 13.2 Å². The summed E-state index contributed by atoms with van der Waals surface area (Å²) in [7, 11) is 0. The third-order valence-electron chi connectivity index (χ3n) is 0.724. The van der Waals surface area contributed by atoms with Crippen molar-refractivity contribution in [2.45, 2.75) is 20.3 Å². The molecule has 0 aromatic heterocycles. The Bertz CT molecular complexity index is 79.6. The highest BCUT2D eigenvalue weighted by atomic mass is 16.5. The SMILES string of the molecule is C=COCC.C=COCCC. The van der Waals surface area contributed by atoms with Gasteiger partial charge in [0.05, 0.1) is 25.7 Å². The summed E-state index contributed by atoms with van der Waals surface area (Å²) in [5, 5.41) is 0. The molecule has 0 saturated heterocycles. The molecule has 0 rings (SSSR count). The quantitative estimate of drug-likeness (QED) is 0.452. The van der Waals surface area contributed by atoms with Crippen molar-refractivity contribution in [1.82, 2.24) is 0 Å². The Kier molecular flexibility index (Phi) is 18.6. The Morgan fingerprint density at radius 3 is 1.73 bits per heavy atom. The Morgan fingerprint density at radius 1 is 1.09 bits per heavy atom. The third kappa shape index (κ3) is 27.3. The first kappa shape index (κ1) is 12.7. The van der Waals surface area contributed by atoms with E-state index >= 15 is 0 Å². The number of rotatable bonds is 5. The van der Waals surface area contributed by atoms with Gasteiger partial charge in [0, 0.05) is 0 Å². The minimum Gasteiger partial charge on any atom is -0.502 e. The van der Waals surface area contributed by atoms with Gasteiger partial charge in [0.25, 0.3) is 0 Å². The molecule has 0 fully saturated rings. The van der Waals surface area contributed by atoms with Crippen LogP contribution < -0.4 is 0 Å². The monoisotopic (exact) mass is 158 g/mol. The maximum atomic E-state index is 4.75. The highest BCUT2D eigenvalue weighted by Gasteiger charge is 1.68. The van der Waals surface area contributed by atoms with E-state index in [1.807, 2.05) is 6.92 Å². The zero-order valence-electron chi connectivity index (χ0n) is 7.51. The molecule has 2 nitrogen and oxygen atoms in total. The molecule has 0 bridgehead atoms. The molecule has 11 heavy (non-hydrogen) atoms. The van der Waals surface area contributed by atoms with E-state index < -0.39 is 0 Å². The maximum absolute atomic E-state index is 4.75. The van der Waals surface area contributed by atoms with Crippen molar-refractivity contribution >= 4 is 0 Å². The van der Waals surface area contributed by atoms with Gasteiger partial charge in [-0.05, 0) is 13.3 Å². The Labute approximate surface area is 69.5 Å². The fourth-order valence-corrected chi connectivity index (χ4v) is 0.319. The summed E-state index contributed by atoms with van der Waals surface area (Å²) in [5.74, 6) is 0. The van der Waals surface area contributed by atoms with Crippen molar-refractivity contribution in [1.29, 1.82) is 0 Å². The van der Waals surface area contributed by atoms with Gasteiger partial charge < -0.3 is 9.47 Å². The van der Waals surface area contributed by atoms with Crippen LogP contribution >= 0.6 is 0 Å². The zero-order chi connectivity index (χ0) is 8.95. The second-order valence-electron chi connectivity index (χ2n) is 1.66. The molecule has 0 aromatic carbocycles. The van der Waals surface area contributed by atoms with Gasteiger partial charge in [0.2, 0.25) is 0 Å². The van der Waals surface area contributed by atoms with Crippen LogP contribution in [0, 0.1) is 0 Å². The molecule has 0 aliphatic carbocycles. The van der Waals surface area contributed by atoms with Crippen LogP contribution in [0.3, 0.4) is 0 Å². The predicted molar refractivity (Wildman–Crippen MR) is 48.3 cm³/mol. The van der Waals surface area contributed by atoms with Crippen LogP contribution in [-0.2, 0) is 9.47 Å². The molecule has 0 atom stereocenters. The van der Waals surface area contributed by atoms with Gasteiger partial charge in [-0.15, -0.1) is 0 Å². The minimum absolute atomic E-state index is 0.726. The molecular weight excluding hydrogens is 140 g/mol. The van der Waals surface area contributed by atoms with Gasteiger partial charge in [-0.1, -0.05) is 20.1 Å². The lowest BCUT2D eigenvalue weighted by molar-refractivity contribution is 0.251. The summed E-state index contributed by atoms with van der Waals surface area (Å²) in [6, 6.07) is 0. The van der Waals surface area contributed by atoms with E-state index in [-0.39, 0.29) is 0 Å². The second kappa shape index (κ2) is 16.0. The van der Waals surface area contributed by atoms with Crippen LogP contribution in [0.5, 0.6) is 0 Å². The summed E-state index contributed by atoms with van der Waals surface area (Å²) < 4.78 is 9.34. The standard InChI is InChI=1S/C5H10O.C4H8O/c1-3-5-6-4-2;1-3-5-4-2/h4H,2-3,5H2,1H3;3H,1,4H2,2H3. The van der Waals surface area contributed by atoms with Crippen LogP contribution in [0.4, 0.5) is 0 Å². The van der Waals surface area contributed by atoms with Crippen molar-refractivity contribution < 1.29 is 9.47 Å². The molecule has 0 spiro atoms. The average molecular weight is 158 g/mol. The Hall–Kier alpha value is -0.920.